The lowest BCUT2D eigenvalue weighted by Gasteiger charge is -1.92. The number of carboxylic acid groups (broad SMARTS) is 1. The zero-order valence-corrected chi connectivity index (χ0v) is 14.2. The summed E-state index contributed by atoms with van der Waals surface area (Å²) in [4.78, 5) is 30.5. The molecule has 7 nitrogen and oxygen atoms in total. The molecule has 0 bridgehead atoms. The number of esters is 2. The van der Waals surface area contributed by atoms with Gasteiger partial charge in [-0.2, -0.15) is 0 Å². The van der Waals surface area contributed by atoms with E-state index in [0.29, 0.717) is 16.9 Å². The Morgan fingerprint density at radius 3 is 2.08 bits per heavy atom. The zero-order valence-electron chi connectivity index (χ0n) is 14.2. The Balaban J connectivity index is 0. The number of allylic oxidation sites excluding steroid dienone is 1. The van der Waals surface area contributed by atoms with Crippen molar-refractivity contribution in [3.8, 4) is 5.75 Å². The van der Waals surface area contributed by atoms with Crippen LogP contribution >= 0.6 is 0 Å². The molecule has 1 aromatic heterocycles. The minimum atomic E-state index is -0.845. The second-order valence-corrected chi connectivity index (χ2v) is 4.13. The third-order valence-electron chi connectivity index (χ3n) is 2.18. The summed E-state index contributed by atoms with van der Waals surface area (Å²) in [6.07, 6.45) is 5.41. The Morgan fingerprint density at radius 2 is 1.88 bits per heavy atom. The molecule has 1 heterocycles. The number of carbonyl (C=O) groups is 3. The molecule has 0 saturated heterocycles. The minimum Gasteiger partial charge on any atom is -0.478 e. The standard InChI is InChI=1S/C7H6O3.2C5H8O2/c1-2-7(8)10-6-3-4-9-5-6;1-4(2)5(6)7-3;1-3-4(2)5(6)7/h2-5H,1H2;1H2,2-3H3;3H,1-2H3,(H,6,7). The first-order chi connectivity index (χ1) is 11.2. The van der Waals surface area contributed by atoms with E-state index in [4.69, 9.17) is 5.11 Å². The van der Waals surface area contributed by atoms with Crippen LogP contribution in [0.25, 0.3) is 0 Å². The van der Waals surface area contributed by atoms with Crippen molar-refractivity contribution in [1.82, 2.24) is 0 Å². The molecule has 7 heteroatoms. The zero-order chi connectivity index (χ0) is 19.1. The van der Waals surface area contributed by atoms with Gasteiger partial charge in [0.1, 0.15) is 6.26 Å². The van der Waals surface area contributed by atoms with Crippen molar-refractivity contribution < 1.29 is 33.4 Å². The number of furan rings is 1. The molecule has 0 atom stereocenters. The van der Waals surface area contributed by atoms with Crippen molar-refractivity contribution in [2.45, 2.75) is 20.8 Å². The second-order valence-electron chi connectivity index (χ2n) is 4.13. The molecular formula is C17H22O7. The lowest BCUT2D eigenvalue weighted by molar-refractivity contribution is -0.136. The molecule has 0 aliphatic carbocycles. The Labute approximate surface area is 140 Å². The third kappa shape index (κ3) is 12.6. The average Bonchev–Trinajstić information content (AvgIpc) is 3.06. The maximum absolute atomic E-state index is 10.5. The summed E-state index contributed by atoms with van der Waals surface area (Å²) in [5, 5.41) is 8.11. The van der Waals surface area contributed by atoms with Crippen molar-refractivity contribution >= 4 is 17.9 Å². The fraction of sp³-hybridized carbons (Fsp3) is 0.235. The highest BCUT2D eigenvalue weighted by molar-refractivity contribution is 5.86. The van der Waals surface area contributed by atoms with Crippen molar-refractivity contribution in [1.29, 1.82) is 0 Å². The van der Waals surface area contributed by atoms with Crippen LogP contribution in [0.4, 0.5) is 0 Å². The number of aliphatic carboxylic acids is 1. The SMILES string of the molecule is C=C(C)C(=O)OC.C=CC(=O)Oc1ccoc1.CC=C(C)C(=O)O. The van der Waals surface area contributed by atoms with Gasteiger partial charge in [-0.3, -0.25) is 0 Å². The van der Waals surface area contributed by atoms with Crippen LogP contribution in [0.5, 0.6) is 5.75 Å². The molecule has 0 aliphatic rings. The van der Waals surface area contributed by atoms with Crippen molar-refractivity contribution in [3.63, 3.8) is 0 Å². The molecule has 132 valence electrons. The normalized spacial score (nSPS) is 9.25. The highest BCUT2D eigenvalue weighted by atomic mass is 16.5. The van der Waals surface area contributed by atoms with Gasteiger partial charge in [-0.05, 0) is 20.8 Å². The van der Waals surface area contributed by atoms with Gasteiger partial charge >= 0.3 is 17.9 Å². The molecule has 0 unspecified atom stereocenters. The molecule has 0 spiro atoms. The largest absolute Gasteiger partial charge is 0.478 e. The molecule has 0 aromatic carbocycles. The van der Waals surface area contributed by atoms with E-state index in [1.54, 1.807) is 32.9 Å². The van der Waals surface area contributed by atoms with Crippen LogP contribution in [0.1, 0.15) is 20.8 Å². The van der Waals surface area contributed by atoms with Gasteiger partial charge < -0.3 is 19.0 Å². The second kappa shape index (κ2) is 13.6. The lowest BCUT2D eigenvalue weighted by Crippen LogP contribution is -2.01. The monoisotopic (exact) mass is 338 g/mol. The van der Waals surface area contributed by atoms with Gasteiger partial charge in [0.2, 0.25) is 0 Å². The number of ether oxygens (including phenoxy) is 2. The van der Waals surface area contributed by atoms with Crippen LogP contribution in [0, 0.1) is 0 Å². The first kappa shape index (κ1) is 23.2. The van der Waals surface area contributed by atoms with E-state index in [2.05, 4.69) is 27.0 Å². The number of hydrogen-bond donors (Lipinski definition) is 1. The highest BCUT2D eigenvalue weighted by Crippen LogP contribution is 2.09. The fourth-order valence-electron chi connectivity index (χ4n) is 0.766. The van der Waals surface area contributed by atoms with E-state index in [0.717, 1.165) is 6.08 Å². The fourth-order valence-corrected chi connectivity index (χ4v) is 0.766. The van der Waals surface area contributed by atoms with Gasteiger partial charge in [-0.1, -0.05) is 19.2 Å². The number of methoxy groups -OCH3 is 1. The Hall–Kier alpha value is -3.09. The first-order valence-electron chi connectivity index (χ1n) is 6.66. The minimum absolute atomic E-state index is 0.347. The quantitative estimate of drug-likeness (QED) is 0.664. The smallest absolute Gasteiger partial charge is 0.335 e. The van der Waals surface area contributed by atoms with E-state index in [1.807, 2.05) is 0 Å². The van der Waals surface area contributed by atoms with Gasteiger partial charge in [0, 0.05) is 23.3 Å². The molecule has 0 saturated carbocycles. The summed E-state index contributed by atoms with van der Waals surface area (Å²) in [5.41, 5.74) is 0.822. The molecule has 0 radical (unpaired) electrons. The topological polar surface area (TPSA) is 103 Å². The summed E-state index contributed by atoms with van der Waals surface area (Å²) in [5.74, 6) is -1.28. The number of carbonyl (C=O) groups excluding carboxylic acids is 2. The van der Waals surface area contributed by atoms with Crippen molar-refractivity contribution in [3.05, 3.63) is 55.0 Å². The summed E-state index contributed by atoms with van der Waals surface area (Å²) < 4.78 is 13.6. The maximum Gasteiger partial charge on any atom is 0.335 e. The van der Waals surface area contributed by atoms with Crippen LogP contribution in [0.2, 0.25) is 0 Å². The maximum atomic E-state index is 10.5. The van der Waals surface area contributed by atoms with E-state index in [1.165, 1.54) is 19.6 Å². The van der Waals surface area contributed by atoms with E-state index >= 15 is 0 Å². The predicted molar refractivity (Wildman–Crippen MR) is 88.4 cm³/mol. The van der Waals surface area contributed by atoms with Gasteiger partial charge in [-0.25, -0.2) is 14.4 Å². The van der Waals surface area contributed by atoms with Crippen LogP contribution in [0.15, 0.2) is 59.5 Å². The van der Waals surface area contributed by atoms with E-state index < -0.39 is 11.9 Å². The molecule has 1 rings (SSSR count). The molecule has 0 aliphatic heterocycles. The third-order valence-corrected chi connectivity index (χ3v) is 2.18. The summed E-state index contributed by atoms with van der Waals surface area (Å²) in [6, 6.07) is 1.54. The van der Waals surface area contributed by atoms with Crippen molar-refractivity contribution in [2.24, 2.45) is 0 Å². The van der Waals surface area contributed by atoms with Crippen molar-refractivity contribution in [2.75, 3.05) is 7.11 Å². The Kier molecular flexibility index (Phi) is 13.1. The number of hydrogen-bond acceptors (Lipinski definition) is 6. The first-order valence-corrected chi connectivity index (χ1v) is 6.66. The Bertz CT molecular complexity index is 580. The summed E-state index contributed by atoms with van der Waals surface area (Å²) in [7, 11) is 1.33. The van der Waals surface area contributed by atoms with Gasteiger partial charge in [0.05, 0.1) is 13.4 Å². The molecule has 0 fully saturated rings. The van der Waals surface area contributed by atoms with Crippen LogP contribution < -0.4 is 4.74 Å². The predicted octanol–water partition coefficient (Wildman–Crippen LogP) is 3.14. The van der Waals surface area contributed by atoms with Crippen LogP contribution in [-0.4, -0.2) is 30.1 Å². The number of carboxylic acids is 1. The number of rotatable bonds is 4. The molecule has 1 aromatic rings. The highest BCUT2D eigenvalue weighted by Gasteiger charge is 1.98. The summed E-state index contributed by atoms with van der Waals surface area (Å²) in [6.45, 7) is 11.4. The molecule has 1 N–H and O–H groups in total. The van der Waals surface area contributed by atoms with E-state index in [-0.39, 0.29) is 5.97 Å². The van der Waals surface area contributed by atoms with Gasteiger partial charge in [0.25, 0.3) is 0 Å². The van der Waals surface area contributed by atoms with Gasteiger partial charge in [-0.15, -0.1) is 0 Å². The molecule has 0 amide bonds. The van der Waals surface area contributed by atoms with Crippen LogP contribution in [0.3, 0.4) is 0 Å². The molecule has 24 heavy (non-hydrogen) atoms. The van der Waals surface area contributed by atoms with Gasteiger partial charge in [0.15, 0.2) is 5.75 Å². The molecular weight excluding hydrogens is 316 g/mol. The van der Waals surface area contributed by atoms with Crippen LogP contribution in [-0.2, 0) is 19.1 Å². The summed E-state index contributed by atoms with van der Waals surface area (Å²) >= 11 is 0. The average molecular weight is 338 g/mol. The Morgan fingerprint density at radius 1 is 1.29 bits per heavy atom. The van der Waals surface area contributed by atoms with E-state index in [9.17, 15) is 14.4 Å². The lowest BCUT2D eigenvalue weighted by atomic mass is 10.3.